The number of para-hydroxylation sites is 1. The van der Waals surface area contributed by atoms with Gasteiger partial charge in [-0.05, 0) is 60.9 Å². The molecule has 0 atom stereocenters. The van der Waals surface area contributed by atoms with Crippen molar-refractivity contribution in [2.75, 3.05) is 19.7 Å². The summed E-state index contributed by atoms with van der Waals surface area (Å²) in [6.45, 7) is 2.65. The Kier molecular flexibility index (Phi) is 5.12. The Hall–Kier alpha value is -3.31. The summed E-state index contributed by atoms with van der Waals surface area (Å²) in [5.41, 5.74) is 8.89. The number of benzene rings is 3. The van der Waals surface area contributed by atoms with Crippen molar-refractivity contribution < 1.29 is 14.3 Å². The van der Waals surface area contributed by atoms with Gasteiger partial charge >= 0.3 is 0 Å². The number of nitrogens with two attached hydrogens (primary N) is 1. The second-order valence-electron chi connectivity index (χ2n) is 8.34. The molecule has 1 amide bonds. The maximum atomic E-state index is 13.1. The van der Waals surface area contributed by atoms with Gasteiger partial charge in [0.05, 0.1) is 6.61 Å². The zero-order valence-corrected chi connectivity index (χ0v) is 17.4. The average molecular weight is 415 g/mol. The van der Waals surface area contributed by atoms with Gasteiger partial charge in [0.2, 0.25) is 0 Å². The molecule has 3 aromatic rings. The first-order valence-corrected chi connectivity index (χ1v) is 10.8. The largest absolute Gasteiger partial charge is 0.492 e. The number of likely N-dealkylation sites (tertiary alicyclic amines) is 1. The summed E-state index contributed by atoms with van der Waals surface area (Å²) < 4.78 is 11.8. The summed E-state index contributed by atoms with van der Waals surface area (Å²) in [6.07, 6.45) is 1.80. The van der Waals surface area contributed by atoms with E-state index in [-0.39, 0.29) is 11.3 Å². The first kappa shape index (κ1) is 19.6. The number of amides is 1. The van der Waals surface area contributed by atoms with Crippen molar-refractivity contribution in [1.82, 2.24) is 4.90 Å². The second-order valence-corrected chi connectivity index (χ2v) is 8.34. The molecule has 158 valence electrons. The van der Waals surface area contributed by atoms with Crippen LogP contribution in [0.4, 0.5) is 0 Å². The van der Waals surface area contributed by atoms with Crippen LogP contribution in [-0.4, -0.2) is 30.5 Å². The molecule has 2 heterocycles. The van der Waals surface area contributed by atoms with Crippen LogP contribution in [0.15, 0.2) is 72.8 Å². The predicted octanol–water partition coefficient (Wildman–Crippen LogP) is 4.50. The number of hydrogen-bond donors (Lipinski definition) is 1. The zero-order chi connectivity index (χ0) is 21.3. The molecule has 1 saturated heterocycles. The van der Waals surface area contributed by atoms with Gasteiger partial charge in [0.1, 0.15) is 17.2 Å². The van der Waals surface area contributed by atoms with Crippen LogP contribution in [-0.2, 0) is 12.0 Å². The average Bonchev–Trinajstić information content (AvgIpc) is 3.17. The molecule has 2 aliphatic rings. The Balaban J connectivity index is 1.25. The van der Waals surface area contributed by atoms with E-state index in [2.05, 4.69) is 6.07 Å². The van der Waals surface area contributed by atoms with Crippen molar-refractivity contribution in [2.45, 2.75) is 24.8 Å². The van der Waals surface area contributed by atoms with E-state index in [1.54, 1.807) is 0 Å². The van der Waals surface area contributed by atoms with Gasteiger partial charge in [0.25, 0.3) is 5.91 Å². The lowest BCUT2D eigenvalue weighted by Crippen LogP contribution is -2.46. The Bertz CT molecular complexity index is 1070. The monoisotopic (exact) mass is 414 g/mol. The fourth-order valence-corrected chi connectivity index (χ4v) is 4.56. The van der Waals surface area contributed by atoms with E-state index in [0.29, 0.717) is 18.7 Å². The topological polar surface area (TPSA) is 64.8 Å². The van der Waals surface area contributed by atoms with Gasteiger partial charge in [0, 0.05) is 36.2 Å². The summed E-state index contributed by atoms with van der Waals surface area (Å²) >= 11 is 0. The minimum atomic E-state index is -0.00925. The molecule has 31 heavy (non-hydrogen) atoms. The normalized spacial score (nSPS) is 16.6. The fourth-order valence-electron chi connectivity index (χ4n) is 4.56. The number of nitrogens with zero attached hydrogens (tertiary/aromatic N) is 1. The number of rotatable bonds is 4. The van der Waals surface area contributed by atoms with E-state index >= 15 is 0 Å². The predicted molar refractivity (Wildman–Crippen MR) is 120 cm³/mol. The molecule has 0 aliphatic carbocycles. The SMILES string of the molecule is NCc1ccc2c(c1)C1(CCN(C(=O)c3ccc(Oc4ccccc4)cc3)CC1)CO2. The van der Waals surface area contributed by atoms with Crippen molar-refractivity contribution in [3.05, 3.63) is 89.5 Å². The summed E-state index contributed by atoms with van der Waals surface area (Å²) in [5.74, 6) is 2.53. The van der Waals surface area contributed by atoms with Crippen LogP contribution in [0.5, 0.6) is 17.2 Å². The molecule has 0 radical (unpaired) electrons. The van der Waals surface area contributed by atoms with Crippen LogP contribution in [0.1, 0.15) is 34.3 Å². The Morgan fingerprint density at radius 3 is 2.39 bits per heavy atom. The smallest absolute Gasteiger partial charge is 0.253 e. The van der Waals surface area contributed by atoms with Gasteiger partial charge in [-0.1, -0.05) is 30.3 Å². The second kappa shape index (κ2) is 8.08. The van der Waals surface area contributed by atoms with Crippen LogP contribution in [0, 0.1) is 0 Å². The van der Waals surface area contributed by atoms with Gasteiger partial charge < -0.3 is 20.1 Å². The van der Waals surface area contributed by atoms with Crippen LogP contribution in [0.2, 0.25) is 0 Å². The number of carbonyl (C=O) groups is 1. The van der Waals surface area contributed by atoms with E-state index in [4.69, 9.17) is 15.2 Å². The number of carbonyl (C=O) groups excluding carboxylic acids is 1. The quantitative estimate of drug-likeness (QED) is 0.683. The number of fused-ring (bicyclic) bond motifs is 2. The molecule has 0 unspecified atom stereocenters. The van der Waals surface area contributed by atoms with Crippen molar-refractivity contribution >= 4 is 5.91 Å². The highest BCUT2D eigenvalue weighted by Gasteiger charge is 2.43. The van der Waals surface area contributed by atoms with Crippen molar-refractivity contribution in [3.63, 3.8) is 0 Å². The van der Waals surface area contributed by atoms with Crippen molar-refractivity contribution in [3.8, 4) is 17.2 Å². The molecule has 2 N–H and O–H groups in total. The van der Waals surface area contributed by atoms with Gasteiger partial charge in [-0.3, -0.25) is 4.79 Å². The molecule has 1 fully saturated rings. The first-order valence-electron chi connectivity index (χ1n) is 10.8. The Morgan fingerprint density at radius 1 is 0.968 bits per heavy atom. The van der Waals surface area contributed by atoms with Crippen molar-refractivity contribution in [1.29, 1.82) is 0 Å². The van der Waals surface area contributed by atoms with E-state index in [9.17, 15) is 4.79 Å². The summed E-state index contributed by atoms with van der Waals surface area (Å²) in [4.78, 5) is 15.0. The Morgan fingerprint density at radius 2 is 1.68 bits per heavy atom. The van der Waals surface area contributed by atoms with Gasteiger partial charge in [-0.15, -0.1) is 0 Å². The number of ether oxygens (including phenoxy) is 2. The highest BCUT2D eigenvalue weighted by Crippen LogP contribution is 2.46. The summed E-state index contributed by atoms with van der Waals surface area (Å²) in [6, 6.07) is 23.2. The standard InChI is InChI=1S/C26H26N2O3/c27-17-19-6-11-24-23(16-19)26(18-30-24)12-14-28(15-13-26)25(29)20-7-9-22(10-8-20)31-21-4-2-1-3-5-21/h1-11,16H,12-15,17-18,27H2. The summed E-state index contributed by atoms with van der Waals surface area (Å²) in [5, 5.41) is 0. The molecule has 1 spiro atoms. The van der Waals surface area contributed by atoms with Gasteiger partial charge in [-0.2, -0.15) is 0 Å². The number of piperidine rings is 1. The third-order valence-corrected chi connectivity index (χ3v) is 6.44. The van der Waals surface area contributed by atoms with E-state index in [1.165, 1.54) is 5.56 Å². The lowest BCUT2D eigenvalue weighted by atomic mass is 9.74. The maximum Gasteiger partial charge on any atom is 0.253 e. The molecule has 5 rings (SSSR count). The van der Waals surface area contributed by atoms with E-state index in [0.717, 1.165) is 48.7 Å². The van der Waals surface area contributed by atoms with Gasteiger partial charge in [0.15, 0.2) is 0 Å². The minimum absolute atomic E-state index is 0.00925. The third-order valence-electron chi connectivity index (χ3n) is 6.44. The van der Waals surface area contributed by atoms with Crippen LogP contribution >= 0.6 is 0 Å². The molecule has 0 saturated carbocycles. The van der Waals surface area contributed by atoms with Crippen LogP contribution in [0.3, 0.4) is 0 Å². The fraction of sp³-hybridized carbons (Fsp3) is 0.269. The lowest BCUT2D eigenvalue weighted by Gasteiger charge is -2.38. The molecule has 0 aromatic heterocycles. The van der Waals surface area contributed by atoms with Crippen LogP contribution in [0.25, 0.3) is 0 Å². The molecular weight excluding hydrogens is 388 g/mol. The highest BCUT2D eigenvalue weighted by atomic mass is 16.5. The molecule has 5 heteroatoms. The van der Waals surface area contributed by atoms with Gasteiger partial charge in [-0.25, -0.2) is 0 Å². The third kappa shape index (κ3) is 3.77. The zero-order valence-electron chi connectivity index (χ0n) is 17.4. The lowest BCUT2D eigenvalue weighted by molar-refractivity contribution is 0.0646. The van der Waals surface area contributed by atoms with E-state index in [1.807, 2.05) is 71.6 Å². The van der Waals surface area contributed by atoms with Crippen molar-refractivity contribution in [2.24, 2.45) is 5.73 Å². The minimum Gasteiger partial charge on any atom is -0.492 e. The Labute approximate surface area is 182 Å². The molecule has 3 aromatic carbocycles. The van der Waals surface area contributed by atoms with Crippen LogP contribution < -0.4 is 15.2 Å². The highest BCUT2D eigenvalue weighted by molar-refractivity contribution is 5.94. The molecule has 5 nitrogen and oxygen atoms in total. The maximum absolute atomic E-state index is 13.1. The van der Waals surface area contributed by atoms with E-state index < -0.39 is 0 Å². The molecule has 0 bridgehead atoms. The molecule has 2 aliphatic heterocycles. The number of hydrogen-bond acceptors (Lipinski definition) is 4. The molecular formula is C26H26N2O3. The summed E-state index contributed by atoms with van der Waals surface area (Å²) in [7, 11) is 0. The first-order chi connectivity index (χ1) is 15.2.